The van der Waals surface area contributed by atoms with Gasteiger partial charge in [-0.15, -0.1) is 0 Å². The maximum Gasteiger partial charge on any atom is 0.406 e. The van der Waals surface area contributed by atoms with Gasteiger partial charge in [-0.2, -0.15) is 13.2 Å². The van der Waals surface area contributed by atoms with E-state index in [0.29, 0.717) is 5.69 Å². The highest BCUT2D eigenvalue weighted by Gasteiger charge is 2.63. The maximum absolute atomic E-state index is 12.8. The zero-order valence-electron chi connectivity index (χ0n) is 11.1. The number of nitrogen functional groups attached to an aromatic ring is 1. The minimum Gasteiger partial charge on any atom is -0.399 e. The quantitative estimate of drug-likeness (QED) is 0.826. The summed E-state index contributed by atoms with van der Waals surface area (Å²) in [7, 11) is 0. The Kier molecular flexibility index (Phi) is 3.29. The van der Waals surface area contributed by atoms with Crippen molar-refractivity contribution in [1.29, 1.82) is 0 Å². The van der Waals surface area contributed by atoms with Crippen LogP contribution in [0.15, 0.2) is 24.3 Å². The van der Waals surface area contributed by atoms with Crippen LogP contribution in [0.3, 0.4) is 0 Å². The van der Waals surface area contributed by atoms with Crippen molar-refractivity contribution in [2.75, 3.05) is 12.3 Å². The number of hydrogen-bond acceptors (Lipinski definition) is 2. The monoisotopic (exact) mass is 272 g/mol. The summed E-state index contributed by atoms with van der Waals surface area (Å²) in [4.78, 5) is 0. The summed E-state index contributed by atoms with van der Waals surface area (Å²) >= 11 is 0. The molecule has 19 heavy (non-hydrogen) atoms. The third kappa shape index (κ3) is 2.86. The summed E-state index contributed by atoms with van der Waals surface area (Å²) in [5, 5.41) is 2.71. The van der Waals surface area contributed by atoms with E-state index in [2.05, 4.69) is 5.32 Å². The second-order valence-corrected chi connectivity index (χ2v) is 5.94. The van der Waals surface area contributed by atoms with E-state index in [1.165, 1.54) is 0 Å². The molecule has 1 aromatic rings. The number of hydrogen-bond donors (Lipinski definition) is 2. The molecule has 0 saturated heterocycles. The van der Waals surface area contributed by atoms with E-state index in [1.54, 1.807) is 12.1 Å². The lowest BCUT2D eigenvalue weighted by Gasteiger charge is -2.30. The molecule has 0 aromatic heterocycles. The van der Waals surface area contributed by atoms with Gasteiger partial charge in [-0.25, -0.2) is 0 Å². The molecule has 0 aliphatic heterocycles. The summed E-state index contributed by atoms with van der Waals surface area (Å²) in [5.41, 5.74) is 5.23. The molecule has 1 aromatic carbocycles. The predicted molar refractivity (Wildman–Crippen MR) is 69.9 cm³/mol. The van der Waals surface area contributed by atoms with Gasteiger partial charge in [0.2, 0.25) is 0 Å². The molecule has 1 fully saturated rings. The van der Waals surface area contributed by atoms with Gasteiger partial charge >= 0.3 is 6.18 Å². The van der Waals surface area contributed by atoms with Crippen molar-refractivity contribution in [3.8, 4) is 0 Å². The van der Waals surface area contributed by atoms with Gasteiger partial charge in [0.05, 0.1) is 0 Å². The van der Waals surface area contributed by atoms with Crippen LogP contribution in [-0.4, -0.2) is 18.3 Å². The smallest absolute Gasteiger partial charge is 0.399 e. The van der Waals surface area contributed by atoms with Crippen molar-refractivity contribution in [2.45, 2.75) is 43.8 Å². The normalized spacial score (nSPS) is 18.4. The summed E-state index contributed by atoms with van der Waals surface area (Å²) in [5.74, 6) is 0. The lowest BCUT2D eigenvalue weighted by atomic mass is 9.84. The van der Waals surface area contributed by atoms with Crippen LogP contribution in [-0.2, 0) is 5.41 Å². The molecule has 1 saturated carbocycles. The Bertz CT molecular complexity index is 445. The fourth-order valence-electron chi connectivity index (χ4n) is 2.11. The molecule has 0 unspecified atom stereocenters. The van der Waals surface area contributed by atoms with Crippen molar-refractivity contribution < 1.29 is 13.2 Å². The van der Waals surface area contributed by atoms with E-state index in [4.69, 9.17) is 5.73 Å². The van der Waals surface area contributed by atoms with Crippen LogP contribution in [0.1, 0.15) is 32.3 Å². The number of halogens is 3. The summed E-state index contributed by atoms with van der Waals surface area (Å²) in [6.45, 7) is 4.15. The minimum absolute atomic E-state index is 0.175. The highest BCUT2D eigenvalue weighted by molar-refractivity contribution is 5.41. The van der Waals surface area contributed by atoms with E-state index < -0.39 is 11.7 Å². The lowest BCUT2D eigenvalue weighted by Crippen LogP contribution is -2.49. The van der Waals surface area contributed by atoms with Crippen LogP contribution in [0.5, 0.6) is 0 Å². The first-order valence-corrected chi connectivity index (χ1v) is 6.34. The molecule has 1 aliphatic carbocycles. The number of nitrogens with two attached hydrogens (primary N) is 1. The molecule has 5 heteroatoms. The number of rotatable bonds is 4. The van der Waals surface area contributed by atoms with Crippen LogP contribution in [0.2, 0.25) is 0 Å². The Balaban J connectivity index is 2.04. The van der Waals surface area contributed by atoms with Crippen molar-refractivity contribution in [2.24, 2.45) is 0 Å². The highest BCUT2D eigenvalue weighted by atomic mass is 19.4. The standard InChI is InChI=1S/C14H19F3N2/c1-12(2,10-3-5-11(18)6-4-10)9-19-13(7-8-13)14(15,16)17/h3-6,19H,7-9,18H2,1-2H3. The third-order valence-corrected chi connectivity index (χ3v) is 3.85. The Morgan fingerprint density at radius 3 is 2.11 bits per heavy atom. The van der Waals surface area contributed by atoms with Gasteiger partial charge < -0.3 is 11.1 Å². The molecule has 0 radical (unpaired) electrons. The van der Waals surface area contributed by atoms with E-state index in [0.717, 1.165) is 5.56 Å². The van der Waals surface area contributed by atoms with Crippen molar-refractivity contribution in [1.82, 2.24) is 5.32 Å². The van der Waals surface area contributed by atoms with E-state index >= 15 is 0 Å². The molecule has 0 atom stereocenters. The summed E-state index contributed by atoms with van der Waals surface area (Å²) in [6, 6.07) is 7.27. The second-order valence-electron chi connectivity index (χ2n) is 5.94. The largest absolute Gasteiger partial charge is 0.406 e. The Morgan fingerprint density at radius 2 is 1.68 bits per heavy atom. The van der Waals surface area contributed by atoms with Gasteiger partial charge in [0.15, 0.2) is 0 Å². The van der Waals surface area contributed by atoms with Crippen LogP contribution in [0.4, 0.5) is 18.9 Å². The van der Waals surface area contributed by atoms with Crippen LogP contribution >= 0.6 is 0 Å². The second kappa shape index (κ2) is 4.40. The number of alkyl halides is 3. The Labute approximate surface area is 111 Å². The molecule has 0 spiro atoms. The zero-order valence-corrected chi connectivity index (χ0v) is 11.1. The fraction of sp³-hybridized carbons (Fsp3) is 0.571. The summed E-state index contributed by atoms with van der Waals surface area (Å²) < 4.78 is 38.5. The van der Waals surface area contributed by atoms with Crippen molar-refractivity contribution >= 4 is 5.69 Å². The third-order valence-electron chi connectivity index (χ3n) is 3.85. The summed E-state index contributed by atoms with van der Waals surface area (Å²) in [6.07, 6.45) is -3.81. The molecular weight excluding hydrogens is 253 g/mol. The SMILES string of the molecule is CC(C)(CNC1(C(F)(F)F)CC1)c1ccc(N)cc1. The average molecular weight is 272 g/mol. The molecule has 1 aliphatic rings. The molecule has 3 N–H and O–H groups in total. The average Bonchev–Trinajstić information content (AvgIpc) is 3.07. The number of anilines is 1. The topological polar surface area (TPSA) is 38.0 Å². The van der Waals surface area contributed by atoms with Crippen LogP contribution in [0.25, 0.3) is 0 Å². The minimum atomic E-state index is -4.16. The van der Waals surface area contributed by atoms with Crippen molar-refractivity contribution in [3.63, 3.8) is 0 Å². The van der Waals surface area contributed by atoms with Crippen molar-refractivity contribution in [3.05, 3.63) is 29.8 Å². The van der Waals surface area contributed by atoms with Gasteiger partial charge in [-0.1, -0.05) is 26.0 Å². The Morgan fingerprint density at radius 1 is 1.16 bits per heavy atom. The fourth-order valence-corrected chi connectivity index (χ4v) is 2.11. The molecular formula is C14H19F3N2. The first-order valence-electron chi connectivity index (χ1n) is 6.34. The molecule has 0 bridgehead atoms. The van der Waals surface area contributed by atoms with Gasteiger partial charge in [0.25, 0.3) is 0 Å². The molecule has 106 valence electrons. The molecule has 0 amide bonds. The first-order chi connectivity index (χ1) is 8.66. The van der Waals surface area contributed by atoms with Gasteiger partial charge in [-0.05, 0) is 30.5 Å². The van der Waals surface area contributed by atoms with E-state index in [1.807, 2.05) is 26.0 Å². The maximum atomic E-state index is 12.8. The predicted octanol–water partition coefficient (Wildman–Crippen LogP) is 3.23. The first kappa shape index (κ1) is 14.2. The van der Waals surface area contributed by atoms with Gasteiger partial charge in [0.1, 0.15) is 5.54 Å². The van der Waals surface area contributed by atoms with Gasteiger partial charge in [0, 0.05) is 17.6 Å². The van der Waals surface area contributed by atoms with Gasteiger partial charge in [-0.3, -0.25) is 0 Å². The lowest BCUT2D eigenvalue weighted by molar-refractivity contribution is -0.166. The zero-order chi connectivity index (χ0) is 14.3. The molecule has 2 rings (SSSR count). The Hall–Kier alpha value is -1.23. The van der Waals surface area contributed by atoms with Crippen LogP contribution < -0.4 is 11.1 Å². The van der Waals surface area contributed by atoms with E-state index in [-0.39, 0.29) is 24.8 Å². The van der Waals surface area contributed by atoms with Crippen LogP contribution in [0, 0.1) is 0 Å². The number of benzene rings is 1. The molecule has 2 nitrogen and oxygen atoms in total. The molecule has 0 heterocycles. The highest BCUT2D eigenvalue weighted by Crippen LogP contribution is 2.49. The number of nitrogens with one attached hydrogen (secondary N) is 1. The van der Waals surface area contributed by atoms with E-state index in [9.17, 15) is 13.2 Å².